The van der Waals surface area contributed by atoms with E-state index in [-0.39, 0.29) is 5.91 Å². The van der Waals surface area contributed by atoms with Gasteiger partial charge in [0.15, 0.2) is 0 Å². The monoisotopic (exact) mass is 205 g/mol. The van der Waals surface area contributed by atoms with Gasteiger partial charge in [0.25, 0.3) is 0 Å². The second kappa shape index (κ2) is 3.37. The summed E-state index contributed by atoms with van der Waals surface area (Å²) in [6.45, 7) is 2.07. The molecule has 0 saturated heterocycles. The summed E-state index contributed by atoms with van der Waals surface area (Å²) >= 11 is 3.10. The molecule has 1 fully saturated rings. The van der Waals surface area contributed by atoms with Crippen LogP contribution in [0.3, 0.4) is 0 Å². The summed E-state index contributed by atoms with van der Waals surface area (Å²) in [4.78, 5) is 10.8. The lowest BCUT2D eigenvalue weighted by atomic mass is 10.2. The number of halogens is 1. The third kappa shape index (κ3) is 2.29. The zero-order valence-electron chi connectivity index (χ0n) is 6.06. The van der Waals surface area contributed by atoms with Gasteiger partial charge in [-0.25, -0.2) is 0 Å². The van der Waals surface area contributed by atoms with Crippen LogP contribution in [0.15, 0.2) is 0 Å². The van der Waals surface area contributed by atoms with E-state index < -0.39 is 0 Å². The van der Waals surface area contributed by atoms with Crippen molar-refractivity contribution in [1.82, 2.24) is 5.32 Å². The highest BCUT2D eigenvalue weighted by molar-refractivity contribution is 9.09. The van der Waals surface area contributed by atoms with Gasteiger partial charge in [0.1, 0.15) is 0 Å². The maximum Gasteiger partial charge on any atom is 0.230 e. The van der Waals surface area contributed by atoms with Crippen molar-refractivity contribution in [3.63, 3.8) is 0 Å². The van der Waals surface area contributed by atoms with Gasteiger partial charge in [-0.3, -0.25) is 4.79 Å². The Kier molecular flexibility index (Phi) is 2.72. The lowest BCUT2D eigenvalue weighted by molar-refractivity contribution is -0.119. The molecule has 0 aromatic heterocycles. The van der Waals surface area contributed by atoms with Crippen LogP contribution in [0, 0.1) is 5.92 Å². The SMILES string of the molecule is C[C@H](NC(=O)CBr)C1CC1. The van der Waals surface area contributed by atoms with Crippen LogP contribution < -0.4 is 5.32 Å². The van der Waals surface area contributed by atoms with Gasteiger partial charge in [-0.05, 0) is 25.7 Å². The number of nitrogens with one attached hydrogen (secondary N) is 1. The Hall–Kier alpha value is -0.0500. The van der Waals surface area contributed by atoms with Gasteiger partial charge in [0, 0.05) is 6.04 Å². The van der Waals surface area contributed by atoms with Crippen LogP contribution in [-0.4, -0.2) is 17.3 Å². The first kappa shape index (κ1) is 8.05. The molecule has 2 nitrogen and oxygen atoms in total. The summed E-state index contributed by atoms with van der Waals surface area (Å²) in [5.41, 5.74) is 0. The predicted octanol–water partition coefficient (Wildman–Crippen LogP) is 1.30. The van der Waals surface area contributed by atoms with Crippen LogP contribution in [-0.2, 0) is 4.79 Å². The van der Waals surface area contributed by atoms with Crippen LogP contribution >= 0.6 is 15.9 Å². The molecule has 1 N–H and O–H groups in total. The summed E-state index contributed by atoms with van der Waals surface area (Å²) in [6, 6.07) is 0.380. The molecule has 0 spiro atoms. The van der Waals surface area contributed by atoms with Gasteiger partial charge in [0.05, 0.1) is 5.33 Å². The molecule has 0 radical (unpaired) electrons. The van der Waals surface area contributed by atoms with Gasteiger partial charge >= 0.3 is 0 Å². The van der Waals surface area contributed by atoms with Crippen molar-refractivity contribution in [2.45, 2.75) is 25.8 Å². The molecular formula is C7H12BrNO. The molecule has 1 aliphatic carbocycles. The molecule has 1 aliphatic rings. The van der Waals surface area contributed by atoms with E-state index in [4.69, 9.17) is 0 Å². The number of rotatable bonds is 3. The maximum absolute atomic E-state index is 10.8. The Bertz CT molecular complexity index is 134. The van der Waals surface area contributed by atoms with Crippen molar-refractivity contribution < 1.29 is 4.79 Å². The Morgan fingerprint density at radius 3 is 2.80 bits per heavy atom. The van der Waals surface area contributed by atoms with Crippen molar-refractivity contribution >= 4 is 21.8 Å². The highest BCUT2D eigenvalue weighted by Crippen LogP contribution is 2.32. The standard InChI is InChI=1S/C7H12BrNO/c1-5(6-2-3-6)9-7(10)4-8/h5-6H,2-4H2,1H3,(H,9,10)/t5-/m0/s1. The number of alkyl halides is 1. The van der Waals surface area contributed by atoms with Crippen LogP contribution in [0.2, 0.25) is 0 Å². The first-order valence-corrected chi connectivity index (χ1v) is 4.71. The molecule has 1 atom stereocenters. The van der Waals surface area contributed by atoms with E-state index in [2.05, 4.69) is 28.2 Å². The Balaban J connectivity index is 2.16. The normalized spacial score (nSPS) is 20.2. The lowest BCUT2D eigenvalue weighted by Crippen LogP contribution is -2.34. The third-order valence-corrected chi connectivity index (χ3v) is 2.35. The molecule has 1 amide bonds. The molecule has 0 aromatic rings. The second-order valence-electron chi connectivity index (χ2n) is 2.83. The molecular weight excluding hydrogens is 194 g/mol. The summed E-state index contributed by atoms with van der Waals surface area (Å²) in [7, 11) is 0. The molecule has 10 heavy (non-hydrogen) atoms. The van der Waals surface area contributed by atoms with Crippen molar-refractivity contribution in [2.75, 3.05) is 5.33 Å². The van der Waals surface area contributed by atoms with Gasteiger partial charge in [0.2, 0.25) is 5.91 Å². The predicted molar refractivity (Wildman–Crippen MR) is 44.1 cm³/mol. The Morgan fingerprint density at radius 1 is 1.80 bits per heavy atom. The van der Waals surface area contributed by atoms with E-state index in [0.29, 0.717) is 11.4 Å². The summed E-state index contributed by atoms with van der Waals surface area (Å²) in [5, 5.41) is 3.33. The number of carbonyl (C=O) groups excluding carboxylic acids is 1. The van der Waals surface area contributed by atoms with Crippen molar-refractivity contribution in [3.8, 4) is 0 Å². The molecule has 1 rings (SSSR count). The minimum atomic E-state index is 0.0967. The van der Waals surface area contributed by atoms with E-state index in [1.807, 2.05) is 0 Å². The molecule has 0 bridgehead atoms. The number of carbonyl (C=O) groups is 1. The molecule has 0 unspecified atom stereocenters. The van der Waals surface area contributed by atoms with Crippen molar-refractivity contribution in [2.24, 2.45) is 5.92 Å². The zero-order valence-corrected chi connectivity index (χ0v) is 7.65. The number of amides is 1. The molecule has 0 aliphatic heterocycles. The summed E-state index contributed by atoms with van der Waals surface area (Å²) in [6.07, 6.45) is 2.56. The number of hydrogen-bond acceptors (Lipinski definition) is 1. The van der Waals surface area contributed by atoms with Gasteiger partial charge in [-0.1, -0.05) is 15.9 Å². The fourth-order valence-electron chi connectivity index (χ4n) is 1.01. The fraction of sp³-hybridized carbons (Fsp3) is 0.857. The Labute approximate surface area is 69.5 Å². The smallest absolute Gasteiger partial charge is 0.230 e. The van der Waals surface area contributed by atoms with Gasteiger partial charge < -0.3 is 5.32 Å². The maximum atomic E-state index is 10.8. The summed E-state index contributed by atoms with van der Waals surface area (Å²) in [5.74, 6) is 0.849. The highest BCUT2D eigenvalue weighted by atomic mass is 79.9. The lowest BCUT2D eigenvalue weighted by Gasteiger charge is -2.10. The van der Waals surface area contributed by atoms with E-state index >= 15 is 0 Å². The number of hydrogen-bond donors (Lipinski definition) is 1. The largest absolute Gasteiger partial charge is 0.353 e. The first-order valence-electron chi connectivity index (χ1n) is 3.59. The van der Waals surface area contributed by atoms with Crippen LogP contribution in [0.4, 0.5) is 0 Å². The minimum absolute atomic E-state index is 0.0967. The molecule has 58 valence electrons. The van der Waals surface area contributed by atoms with Crippen LogP contribution in [0.5, 0.6) is 0 Å². The van der Waals surface area contributed by atoms with Gasteiger partial charge in [-0.15, -0.1) is 0 Å². The third-order valence-electron chi connectivity index (χ3n) is 1.84. The van der Waals surface area contributed by atoms with E-state index in [1.165, 1.54) is 12.8 Å². The van der Waals surface area contributed by atoms with Gasteiger partial charge in [-0.2, -0.15) is 0 Å². The quantitative estimate of drug-likeness (QED) is 0.692. The van der Waals surface area contributed by atoms with E-state index in [9.17, 15) is 4.79 Å². The first-order chi connectivity index (χ1) is 4.74. The van der Waals surface area contributed by atoms with Crippen molar-refractivity contribution in [1.29, 1.82) is 0 Å². The van der Waals surface area contributed by atoms with Crippen molar-refractivity contribution in [3.05, 3.63) is 0 Å². The fourth-order valence-corrected chi connectivity index (χ4v) is 1.17. The topological polar surface area (TPSA) is 29.1 Å². The molecule has 3 heteroatoms. The average molecular weight is 206 g/mol. The summed E-state index contributed by atoms with van der Waals surface area (Å²) < 4.78 is 0. The molecule has 0 aromatic carbocycles. The minimum Gasteiger partial charge on any atom is -0.353 e. The zero-order chi connectivity index (χ0) is 7.56. The highest BCUT2D eigenvalue weighted by Gasteiger charge is 2.28. The van der Waals surface area contributed by atoms with E-state index in [0.717, 1.165) is 5.92 Å². The Morgan fingerprint density at radius 2 is 2.40 bits per heavy atom. The van der Waals surface area contributed by atoms with Crippen LogP contribution in [0.1, 0.15) is 19.8 Å². The average Bonchev–Trinajstić information content (AvgIpc) is 2.68. The molecule has 0 heterocycles. The van der Waals surface area contributed by atoms with E-state index in [1.54, 1.807) is 0 Å². The van der Waals surface area contributed by atoms with Crippen LogP contribution in [0.25, 0.3) is 0 Å². The molecule has 1 saturated carbocycles. The second-order valence-corrected chi connectivity index (χ2v) is 3.39.